The van der Waals surface area contributed by atoms with Crippen molar-refractivity contribution in [2.24, 2.45) is 0 Å². The van der Waals surface area contributed by atoms with Gasteiger partial charge in [-0.15, -0.1) is 5.10 Å². The van der Waals surface area contributed by atoms with Gasteiger partial charge in [0, 0.05) is 23.7 Å². The van der Waals surface area contributed by atoms with Crippen LogP contribution >= 0.6 is 0 Å². The summed E-state index contributed by atoms with van der Waals surface area (Å²) in [6, 6.07) is 31.4. The number of carbonyl (C=O) groups excluding carboxylic acids is 2. The molecule has 2 amide bonds. The molecule has 248 valence electrons. The molecule has 3 atom stereocenters. The Kier molecular flexibility index (Phi) is 10.7. The molecule has 1 heterocycles. The molecule has 0 spiro atoms. The monoisotopic (exact) mass is 666 g/mol. The van der Waals surface area contributed by atoms with Gasteiger partial charge in [0.2, 0.25) is 10.0 Å². The summed E-state index contributed by atoms with van der Waals surface area (Å²) in [6.07, 6.45) is 1.97. The first kappa shape index (κ1) is 34.0. The number of carbonyl (C=O) groups is 2. The fraction of sp³-hybridized carbons (Fsp3) is 0.222. The number of nitrogens with zero attached hydrogens (tertiary/aromatic N) is 4. The molecule has 0 saturated carbocycles. The van der Waals surface area contributed by atoms with E-state index in [0.717, 1.165) is 27.3 Å². The molecule has 1 aromatic heterocycles. The van der Waals surface area contributed by atoms with Crippen molar-refractivity contribution in [3.05, 3.63) is 138 Å². The molecule has 3 N–H and O–H groups in total. The van der Waals surface area contributed by atoms with Gasteiger partial charge < -0.3 is 15.7 Å². The molecule has 0 saturated heterocycles. The maximum Gasteiger partial charge on any atom is 0.251 e. The number of hydrogen-bond acceptors (Lipinski definition) is 7. The van der Waals surface area contributed by atoms with Crippen molar-refractivity contribution in [3.63, 3.8) is 0 Å². The molecule has 0 aliphatic heterocycles. The minimum absolute atomic E-state index is 0.0412. The van der Waals surface area contributed by atoms with Crippen LogP contribution < -0.4 is 14.9 Å². The van der Waals surface area contributed by atoms with Crippen LogP contribution in [0.15, 0.2) is 115 Å². The molecule has 0 bridgehead atoms. The van der Waals surface area contributed by atoms with Crippen molar-refractivity contribution in [1.29, 1.82) is 0 Å². The zero-order valence-corrected chi connectivity index (χ0v) is 27.7. The third-order valence-electron chi connectivity index (χ3n) is 8.01. The summed E-state index contributed by atoms with van der Waals surface area (Å²) in [7, 11) is -2.37. The molecule has 0 unspecified atom stereocenters. The van der Waals surface area contributed by atoms with Crippen molar-refractivity contribution < 1.29 is 23.1 Å². The second-order valence-corrected chi connectivity index (χ2v) is 13.6. The fourth-order valence-corrected chi connectivity index (χ4v) is 5.69. The van der Waals surface area contributed by atoms with E-state index in [1.807, 2.05) is 97.9 Å². The van der Waals surface area contributed by atoms with Crippen LogP contribution in [0.25, 0.3) is 11.3 Å². The van der Waals surface area contributed by atoms with Gasteiger partial charge in [-0.1, -0.05) is 96.2 Å². The van der Waals surface area contributed by atoms with Crippen LogP contribution in [-0.4, -0.2) is 65.8 Å². The highest BCUT2D eigenvalue weighted by molar-refractivity contribution is 7.92. The number of amides is 2. The lowest BCUT2D eigenvalue weighted by molar-refractivity contribution is 0.0779. The van der Waals surface area contributed by atoms with E-state index >= 15 is 0 Å². The quantitative estimate of drug-likeness (QED) is 0.170. The minimum atomic E-state index is -3.72. The van der Waals surface area contributed by atoms with Gasteiger partial charge in [0.1, 0.15) is 5.69 Å². The normalized spacial score (nSPS) is 13.2. The number of nitrogens with one attached hydrogen (secondary N) is 2. The minimum Gasteiger partial charge on any atom is -0.389 e. The molecule has 5 rings (SSSR count). The molecule has 5 aromatic rings. The first-order chi connectivity index (χ1) is 23.0. The van der Waals surface area contributed by atoms with E-state index in [1.165, 1.54) is 29.9 Å². The zero-order valence-electron chi connectivity index (χ0n) is 26.9. The number of benzene rings is 4. The van der Waals surface area contributed by atoms with Gasteiger partial charge in [-0.2, -0.15) is 0 Å². The van der Waals surface area contributed by atoms with Crippen LogP contribution in [0, 0.1) is 0 Å². The number of aliphatic hydroxyl groups is 1. The Hall–Kier alpha value is -5.33. The predicted octanol–water partition coefficient (Wildman–Crippen LogP) is 4.23. The van der Waals surface area contributed by atoms with Crippen LogP contribution in [0.1, 0.15) is 44.8 Å². The Bertz CT molecular complexity index is 1950. The van der Waals surface area contributed by atoms with Gasteiger partial charge >= 0.3 is 0 Å². The summed E-state index contributed by atoms with van der Waals surface area (Å²) < 4.78 is 27.5. The van der Waals surface area contributed by atoms with Crippen LogP contribution in [0.3, 0.4) is 0 Å². The fourth-order valence-electron chi connectivity index (χ4n) is 5.20. The molecule has 12 heteroatoms. The Morgan fingerprint density at radius 3 is 2.02 bits per heavy atom. The zero-order chi connectivity index (χ0) is 34.3. The molecule has 0 radical (unpaired) electrons. The van der Waals surface area contributed by atoms with E-state index in [2.05, 4.69) is 20.9 Å². The molecule has 0 aliphatic rings. The largest absolute Gasteiger partial charge is 0.389 e. The maximum atomic E-state index is 13.9. The Labute approximate surface area is 280 Å². The Morgan fingerprint density at radius 1 is 0.854 bits per heavy atom. The Morgan fingerprint density at radius 2 is 1.42 bits per heavy atom. The van der Waals surface area contributed by atoms with Gasteiger partial charge in [0.15, 0.2) is 0 Å². The summed E-state index contributed by atoms with van der Waals surface area (Å²) in [4.78, 5) is 27.3. The molecule has 11 nitrogen and oxygen atoms in total. The number of rotatable bonds is 13. The SMILES string of the molecule is C[C@@H](NC(=O)c1cc(C(=O)N[C@@H](Cc2ccccc2)[C@@H](O)Cn2cc(-c3ccccc3)nn2)cc(N(C)S(C)(=O)=O)c1)c1ccccc1. The van der Waals surface area contributed by atoms with E-state index in [4.69, 9.17) is 0 Å². The van der Waals surface area contributed by atoms with Gasteiger partial charge in [0.05, 0.1) is 42.9 Å². The van der Waals surface area contributed by atoms with Gasteiger partial charge in [-0.25, -0.2) is 13.1 Å². The van der Waals surface area contributed by atoms with Gasteiger partial charge in [-0.3, -0.25) is 13.9 Å². The van der Waals surface area contributed by atoms with Crippen molar-refractivity contribution >= 4 is 27.5 Å². The van der Waals surface area contributed by atoms with Crippen LogP contribution in [0.2, 0.25) is 0 Å². The van der Waals surface area contributed by atoms with Crippen LogP contribution in [0.4, 0.5) is 5.69 Å². The third-order valence-corrected chi connectivity index (χ3v) is 9.22. The molecule has 48 heavy (non-hydrogen) atoms. The van der Waals surface area contributed by atoms with E-state index in [0.29, 0.717) is 12.1 Å². The van der Waals surface area contributed by atoms with Crippen molar-refractivity contribution in [1.82, 2.24) is 25.6 Å². The molecular weight excluding hydrogens is 629 g/mol. The average molecular weight is 667 g/mol. The lowest BCUT2D eigenvalue weighted by atomic mass is 10.00. The summed E-state index contributed by atoms with van der Waals surface area (Å²) in [5.74, 6) is -1.07. The van der Waals surface area contributed by atoms with Crippen molar-refractivity contribution in [2.45, 2.75) is 38.1 Å². The number of sulfonamides is 1. The van der Waals surface area contributed by atoms with Gasteiger partial charge in [0.25, 0.3) is 11.8 Å². The van der Waals surface area contributed by atoms with Gasteiger partial charge in [-0.05, 0) is 42.7 Å². The lowest BCUT2D eigenvalue weighted by Crippen LogP contribution is -2.46. The number of aliphatic hydroxyl groups excluding tert-OH is 1. The molecule has 0 aliphatic carbocycles. The Balaban J connectivity index is 1.42. The molecular formula is C36H38N6O5S. The lowest BCUT2D eigenvalue weighted by Gasteiger charge is -2.25. The first-order valence-electron chi connectivity index (χ1n) is 15.4. The molecule has 0 fully saturated rings. The highest BCUT2D eigenvalue weighted by Gasteiger charge is 2.26. The van der Waals surface area contributed by atoms with Crippen LogP contribution in [-0.2, 0) is 23.0 Å². The van der Waals surface area contributed by atoms with Crippen LogP contribution in [0.5, 0.6) is 0 Å². The highest BCUT2D eigenvalue weighted by Crippen LogP contribution is 2.23. The predicted molar refractivity (Wildman–Crippen MR) is 185 cm³/mol. The van der Waals surface area contributed by atoms with Crippen molar-refractivity contribution in [3.8, 4) is 11.3 Å². The topological polar surface area (TPSA) is 147 Å². The third kappa shape index (κ3) is 8.72. The second kappa shape index (κ2) is 15.1. The van der Waals surface area contributed by atoms with E-state index in [-0.39, 0.29) is 29.4 Å². The van der Waals surface area contributed by atoms with E-state index in [1.54, 1.807) is 6.20 Å². The number of aromatic nitrogens is 3. The summed E-state index contributed by atoms with van der Waals surface area (Å²) in [5, 5.41) is 25.7. The number of anilines is 1. The maximum absolute atomic E-state index is 13.9. The summed E-state index contributed by atoms with van der Waals surface area (Å²) >= 11 is 0. The first-order valence-corrected chi connectivity index (χ1v) is 17.3. The highest BCUT2D eigenvalue weighted by atomic mass is 32.2. The molecule has 4 aromatic carbocycles. The summed E-state index contributed by atoms with van der Waals surface area (Å²) in [6.45, 7) is 1.88. The number of hydrogen-bond donors (Lipinski definition) is 3. The standard InChI is InChI=1S/C36H38N6O5S/c1-25(27-15-9-5-10-16-27)37-35(44)29-20-30(22-31(21-29)41(2)48(3,46)47)36(45)38-32(19-26-13-7-4-8-14-26)34(43)24-42-23-33(39-40-42)28-17-11-6-12-18-28/h4-18,20-23,25,32,34,43H,19,24H2,1-3H3,(H,37,44)(H,38,45)/t25-,32+,34+/m1/s1. The smallest absolute Gasteiger partial charge is 0.251 e. The second-order valence-electron chi connectivity index (χ2n) is 11.6. The van der Waals surface area contributed by atoms with Crippen molar-refractivity contribution in [2.75, 3.05) is 17.6 Å². The van der Waals surface area contributed by atoms with E-state index < -0.39 is 34.0 Å². The summed E-state index contributed by atoms with van der Waals surface area (Å²) in [5.41, 5.74) is 3.58. The average Bonchev–Trinajstić information content (AvgIpc) is 3.56. The van der Waals surface area contributed by atoms with E-state index in [9.17, 15) is 23.1 Å².